The molecule has 1 unspecified atom stereocenters. The first-order chi connectivity index (χ1) is 13.0. The maximum Gasteiger partial charge on any atom is 0.0653 e. The van der Waals surface area contributed by atoms with Gasteiger partial charge in [0.15, 0.2) is 0 Å². The number of rotatable bonds is 4. The van der Waals surface area contributed by atoms with Gasteiger partial charge in [0, 0.05) is 5.39 Å². The normalized spacial score (nSPS) is 13.0. The molecular formula is C25H28N2. The van der Waals surface area contributed by atoms with Gasteiger partial charge in [0.25, 0.3) is 0 Å². The zero-order valence-corrected chi connectivity index (χ0v) is 16.9. The number of hydrogen-bond acceptors (Lipinski definition) is 1. The maximum atomic E-state index is 4.26. The summed E-state index contributed by atoms with van der Waals surface area (Å²) in [5.41, 5.74) is 8.14. The molecule has 0 radical (unpaired) electrons. The Kier molecular flexibility index (Phi) is 4.51. The highest BCUT2D eigenvalue weighted by Gasteiger charge is 2.17. The molecule has 0 fully saturated rings. The van der Waals surface area contributed by atoms with Crippen molar-refractivity contribution in [3.63, 3.8) is 0 Å². The van der Waals surface area contributed by atoms with Crippen LogP contribution in [0, 0.1) is 13.8 Å². The lowest BCUT2D eigenvalue weighted by atomic mass is 9.84. The van der Waals surface area contributed by atoms with Gasteiger partial charge in [-0.15, -0.1) is 0 Å². The molecule has 0 saturated carbocycles. The Balaban J connectivity index is 1.82. The summed E-state index contributed by atoms with van der Waals surface area (Å²) in [7, 11) is 0. The second-order valence-electron chi connectivity index (χ2n) is 8.20. The van der Waals surface area contributed by atoms with Crippen LogP contribution < -0.4 is 0 Å². The molecule has 1 aromatic heterocycles. The van der Waals surface area contributed by atoms with Crippen LogP contribution in [0.25, 0.3) is 21.7 Å². The summed E-state index contributed by atoms with van der Waals surface area (Å²) in [5, 5.41) is 11.5. The number of hydrogen-bond donors (Lipinski definition) is 1. The van der Waals surface area contributed by atoms with E-state index in [1.165, 1.54) is 44.0 Å². The molecule has 27 heavy (non-hydrogen) atoms. The van der Waals surface area contributed by atoms with Gasteiger partial charge in [-0.2, -0.15) is 5.10 Å². The average molecular weight is 357 g/mol. The second-order valence-corrected chi connectivity index (χ2v) is 8.20. The molecule has 4 rings (SSSR count). The van der Waals surface area contributed by atoms with E-state index < -0.39 is 0 Å². The Morgan fingerprint density at radius 2 is 1.70 bits per heavy atom. The molecule has 138 valence electrons. The number of H-pyrrole nitrogens is 1. The van der Waals surface area contributed by atoms with Crippen LogP contribution in [0.4, 0.5) is 0 Å². The number of nitrogens with zero attached hydrogens (tertiary/aromatic N) is 1. The lowest BCUT2D eigenvalue weighted by Gasteiger charge is -2.20. The van der Waals surface area contributed by atoms with Crippen molar-refractivity contribution in [2.24, 2.45) is 0 Å². The van der Waals surface area contributed by atoms with Crippen molar-refractivity contribution in [2.45, 2.75) is 52.9 Å². The predicted octanol–water partition coefficient (Wildman–Crippen LogP) is 6.80. The van der Waals surface area contributed by atoms with E-state index in [0.29, 0.717) is 11.8 Å². The minimum Gasteiger partial charge on any atom is -0.278 e. The Morgan fingerprint density at radius 1 is 0.889 bits per heavy atom. The van der Waals surface area contributed by atoms with Crippen molar-refractivity contribution in [3.05, 3.63) is 76.5 Å². The lowest BCUT2D eigenvalue weighted by molar-refractivity contribution is 0.763. The summed E-state index contributed by atoms with van der Waals surface area (Å²) in [6.45, 7) is 11.4. The highest BCUT2D eigenvalue weighted by molar-refractivity contribution is 5.92. The van der Waals surface area contributed by atoms with E-state index in [4.69, 9.17) is 0 Å². The standard InChI is InChI=1S/C25H28N2/c1-15(2)20-11-10-19(21-8-6-7-16(3)25(20)21)13-18(5)24-17(4)9-12-23-22(24)14-26-27-23/h6-12,14-15,18H,13H2,1-5H3,(H,26,27). The van der Waals surface area contributed by atoms with E-state index >= 15 is 0 Å². The monoisotopic (exact) mass is 356 g/mol. The van der Waals surface area contributed by atoms with Crippen LogP contribution in [0.1, 0.15) is 60.4 Å². The van der Waals surface area contributed by atoms with E-state index in [0.717, 1.165) is 11.9 Å². The van der Waals surface area contributed by atoms with Crippen LogP contribution in [0.5, 0.6) is 0 Å². The first-order valence-corrected chi connectivity index (χ1v) is 9.91. The van der Waals surface area contributed by atoms with Crippen LogP contribution in [0.15, 0.2) is 48.7 Å². The number of fused-ring (bicyclic) bond motifs is 2. The van der Waals surface area contributed by atoms with Crippen LogP contribution >= 0.6 is 0 Å². The van der Waals surface area contributed by atoms with Gasteiger partial charge < -0.3 is 0 Å². The zero-order valence-electron chi connectivity index (χ0n) is 16.9. The fourth-order valence-electron chi connectivity index (χ4n) is 4.58. The summed E-state index contributed by atoms with van der Waals surface area (Å²) in [6, 6.07) is 15.7. The van der Waals surface area contributed by atoms with Gasteiger partial charge in [0.05, 0.1) is 11.7 Å². The highest BCUT2D eigenvalue weighted by Crippen LogP contribution is 2.35. The van der Waals surface area contributed by atoms with E-state index in [1.807, 2.05) is 6.20 Å². The van der Waals surface area contributed by atoms with Crippen molar-refractivity contribution in [1.29, 1.82) is 0 Å². The molecule has 0 amide bonds. The first-order valence-electron chi connectivity index (χ1n) is 9.91. The van der Waals surface area contributed by atoms with E-state index in [2.05, 4.69) is 87.3 Å². The molecule has 2 nitrogen and oxygen atoms in total. The third kappa shape index (κ3) is 3.03. The van der Waals surface area contributed by atoms with Gasteiger partial charge in [-0.1, -0.05) is 57.2 Å². The first kappa shape index (κ1) is 17.8. The van der Waals surface area contributed by atoms with Crippen LogP contribution in [-0.2, 0) is 6.42 Å². The summed E-state index contributed by atoms with van der Waals surface area (Å²) >= 11 is 0. The van der Waals surface area contributed by atoms with Crippen LogP contribution in [0.2, 0.25) is 0 Å². The van der Waals surface area contributed by atoms with Gasteiger partial charge in [-0.25, -0.2) is 0 Å². The van der Waals surface area contributed by atoms with Gasteiger partial charge in [-0.3, -0.25) is 5.10 Å². The molecular weight excluding hydrogens is 328 g/mol. The molecule has 0 aliphatic heterocycles. The SMILES string of the molecule is Cc1ccc2[nH]ncc2c1C(C)Cc1ccc(C(C)C)c2c(C)cccc12. The van der Waals surface area contributed by atoms with Gasteiger partial charge in [0.2, 0.25) is 0 Å². The largest absolute Gasteiger partial charge is 0.278 e. The fraction of sp³-hybridized carbons (Fsp3) is 0.320. The molecule has 0 aliphatic carbocycles. The van der Waals surface area contributed by atoms with Crippen molar-refractivity contribution in [2.75, 3.05) is 0 Å². The van der Waals surface area contributed by atoms with E-state index in [-0.39, 0.29) is 0 Å². The molecule has 2 heteroatoms. The molecule has 0 spiro atoms. The van der Waals surface area contributed by atoms with Gasteiger partial charge in [0.1, 0.15) is 0 Å². The number of aryl methyl sites for hydroxylation is 2. The summed E-state index contributed by atoms with van der Waals surface area (Å²) < 4.78 is 0. The van der Waals surface area contributed by atoms with Crippen molar-refractivity contribution in [3.8, 4) is 0 Å². The molecule has 0 aliphatic rings. The summed E-state index contributed by atoms with van der Waals surface area (Å²) in [5.74, 6) is 0.960. The Morgan fingerprint density at radius 3 is 2.48 bits per heavy atom. The van der Waals surface area contributed by atoms with Crippen LogP contribution in [0.3, 0.4) is 0 Å². The third-order valence-corrected chi connectivity index (χ3v) is 5.90. The zero-order chi connectivity index (χ0) is 19.1. The molecule has 1 heterocycles. The Labute approximate surface area is 161 Å². The Hall–Kier alpha value is -2.61. The fourth-order valence-corrected chi connectivity index (χ4v) is 4.58. The average Bonchev–Trinajstić information content (AvgIpc) is 3.10. The Bertz CT molecular complexity index is 1120. The smallest absolute Gasteiger partial charge is 0.0653 e. The third-order valence-electron chi connectivity index (χ3n) is 5.90. The van der Waals surface area contributed by atoms with Gasteiger partial charge in [-0.05, 0) is 76.8 Å². The highest BCUT2D eigenvalue weighted by atomic mass is 15.1. The molecule has 4 aromatic rings. The maximum absolute atomic E-state index is 4.26. The molecule has 0 saturated heterocycles. The molecule has 0 bridgehead atoms. The quantitative estimate of drug-likeness (QED) is 0.428. The van der Waals surface area contributed by atoms with Crippen molar-refractivity contribution in [1.82, 2.24) is 10.2 Å². The molecule has 1 atom stereocenters. The summed E-state index contributed by atoms with van der Waals surface area (Å²) in [4.78, 5) is 0. The molecule has 1 N–H and O–H groups in total. The predicted molar refractivity (Wildman–Crippen MR) is 116 cm³/mol. The van der Waals surface area contributed by atoms with Crippen LogP contribution in [-0.4, -0.2) is 10.2 Å². The van der Waals surface area contributed by atoms with E-state index in [9.17, 15) is 0 Å². The van der Waals surface area contributed by atoms with Crippen molar-refractivity contribution >= 4 is 21.7 Å². The minimum atomic E-state index is 0.430. The number of nitrogens with one attached hydrogen (secondary N) is 1. The summed E-state index contributed by atoms with van der Waals surface area (Å²) in [6.07, 6.45) is 3.00. The number of aromatic nitrogens is 2. The van der Waals surface area contributed by atoms with Gasteiger partial charge >= 0.3 is 0 Å². The number of aromatic amines is 1. The molecule has 3 aromatic carbocycles. The van der Waals surface area contributed by atoms with E-state index in [1.54, 1.807) is 0 Å². The van der Waals surface area contributed by atoms with Crippen molar-refractivity contribution < 1.29 is 0 Å². The second kappa shape index (κ2) is 6.84. The lowest BCUT2D eigenvalue weighted by Crippen LogP contribution is -2.03. The number of benzene rings is 3. The minimum absolute atomic E-state index is 0.430. The topological polar surface area (TPSA) is 28.7 Å².